The number of hydrogen-bond acceptors (Lipinski definition) is 3. The van der Waals surface area contributed by atoms with E-state index in [9.17, 15) is 4.79 Å². The number of aromatic amines is 1. The maximum atomic E-state index is 12.3. The highest BCUT2D eigenvalue weighted by Crippen LogP contribution is 2.20. The zero-order valence-electron chi connectivity index (χ0n) is 12.7. The molecule has 0 saturated heterocycles. The average molecular weight is 384 g/mol. The summed E-state index contributed by atoms with van der Waals surface area (Å²) in [6, 6.07) is 13.5. The van der Waals surface area contributed by atoms with Crippen LogP contribution in [-0.4, -0.2) is 32.0 Å². The third-order valence-corrected chi connectivity index (χ3v) is 4.34. The van der Waals surface area contributed by atoms with E-state index in [2.05, 4.69) is 36.4 Å². The molecule has 0 aliphatic rings. The molecular formula is C17H14BrN5O. The molecule has 4 aromatic rings. The monoisotopic (exact) mass is 383 g/mol. The van der Waals surface area contributed by atoms with E-state index >= 15 is 0 Å². The number of pyridine rings is 1. The summed E-state index contributed by atoms with van der Waals surface area (Å²) in [5.74, 6) is 0.697. The molecule has 2 N–H and O–H groups in total. The number of aromatic nitrogens is 4. The lowest BCUT2D eigenvalue weighted by molar-refractivity contribution is 0.0950. The molecule has 0 saturated carbocycles. The molecule has 3 aromatic heterocycles. The van der Waals surface area contributed by atoms with Gasteiger partial charge in [0.25, 0.3) is 5.91 Å². The standard InChI is InChI=1S/C17H14BrN5O/c18-12-5-4-11-9-14(20-13(11)10-12)17(24)19-7-6-16-22-21-15-3-1-2-8-23(15)16/h1-5,8-10,20H,6-7H2,(H,19,24). The maximum absolute atomic E-state index is 12.3. The van der Waals surface area contributed by atoms with Crippen LogP contribution >= 0.6 is 15.9 Å². The highest BCUT2D eigenvalue weighted by Gasteiger charge is 2.10. The van der Waals surface area contributed by atoms with Gasteiger partial charge < -0.3 is 10.3 Å². The summed E-state index contributed by atoms with van der Waals surface area (Å²) in [7, 11) is 0. The van der Waals surface area contributed by atoms with E-state index in [1.54, 1.807) is 0 Å². The second-order valence-corrected chi connectivity index (χ2v) is 6.38. The van der Waals surface area contributed by atoms with Crippen molar-refractivity contribution in [3.63, 3.8) is 0 Å². The fourth-order valence-corrected chi connectivity index (χ4v) is 3.03. The van der Waals surface area contributed by atoms with Crippen molar-refractivity contribution < 1.29 is 4.79 Å². The third-order valence-electron chi connectivity index (χ3n) is 3.85. The number of halogens is 1. The number of carbonyl (C=O) groups is 1. The quantitative estimate of drug-likeness (QED) is 0.568. The van der Waals surface area contributed by atoms with Crippen LogP contribution in [0.15, 0.2) is 53.1 Å². The molecule has 1 aromatic carbocycles. The van der Waals surface area contributed by atoms with Crippen LogP contribution in [0.5, 0.6) is 0 Å². The molecule has 6 nitrogen and oxygen atoms in total. The topological polar surface area (TPSA) is 75.1 Å². The van der Waals surface area contributed by atoms with Gasteiger partial charge >= 0.3 is 0 Å². The molecule has 0 unspecified atom stereocenters. The number of rotatable bonds is 4. The summed E-state index contributed by atoms with van der Waals surface area (Å²) in [5.41, 5.74) is 2.28. The van der Waals surface area contributed by atoms with Crippen molar-refractivity contribution >= 4 is 38.4 Å². The van der Waals surface area contributed by atoms with Crippen molar-refractivity contribution in [3.05, 3.63) is 64.7 Å². The molecule has 0 atom stereocenters. The molecule has 0 bridgehead atoms. The Bertz CT molecular complexity index is 1040. The van der Waals surface area contributed by atoms with Crippen LogP contribution < -0.4 is 5.32 Å². The molecule has 0 fully saturated rings. The molecule has 0 aliphatic heterocycles. The smallest absolute Gasteiger partial charge is 0.267 e. The maximum Gasteiger partial charge on any atom is 0.267 e. The molecular weight excluding hydrogens is 370 g/mol. The van der Waals surface area contributed by atoms with Crippen molar-refractivity contribution in [2.75, 3.05) is 6.54 Å². The number of benzene rings is 1. The molecule has 3 heterocycles. The van der Waals surface area contributed by atoms with E-state index in [0.717, 1.165) is 26.8 Å². The van der Waals surface area contributed by atoms with E-state index in [-0.39, 0.29) is 5.91 Å². The molecule has 1 amide bonds. The predicted molar refractivity (Wildman–Crippen MR) is 95.0 cm³/mol. The number of fused-ring (bicyclic) bond motifs is 2. The molecule has 120 valence electrons. The Morgan fingerprint density at radius 1 is 1.21 bits per heavy atom. The average Bonchev–Trinajstić information content (AvgIpc) is 3.18. The number of nitrogens with zero attached hydrogens (tertiary/aromatic N) is 3. The minimum atomic E-state index is -0.129. The first-order valence-corrected chi connectivity index (χ1v) is 8.35. The Morgan fingerprint density at radius 2 is 2.12 bits per heavy atom. The first-order valence-electron chi connectivity index (χ1n) is 7.56. The van der Waals surface area contributed by atoms with Crippen molar-refractivity contribution in [2.45, 2.75) is 6.42 Å². The fraction of sp³-hybridized carbons (Fsp3) is 0.118. The zero-order chi connectivity index (χ0) is 16.5. The lowest BCUT2D eigenvalue weighted by Crippen LogP contribution is -2.26. The number of amides is 1. The van der Waals surface area contributed by atoms with Gasteiger partial charge in [-0.05, 0) is 30.3 Å². The van der Waals surface area contributed by atoms with Crippen LogP contribution in [0, 0.1) is 0 Å². The summed E-state index contributed by atoms with van der Waals surface area (Å²) in [6.07, 6.45) is 2.53. The SMILES string of the molecule is O=C(NCCc1nnc2ccccn12)c1cc2ccc(Br)cc2[nH]1. The van der Waals surface area contributed by atoms with Crippen molar-refractivity contribution in [2.24, 2.45) is 0 Å². The van der Waals surface area contributed by atoms with Gasteiger partial charge in [0.2, 0.25) is 0 Å². The Labute approximate surface area is 146 Å². The molecule has 7 heteroatoms. The fourth-order valence-electron chi connectivity index (χ4n) is 2.67. The van der Waals surface area contributed by atoms with Crippen molar-refractivity contribution in [1.29, 1.82) is 0 Å². The first kappa shape index (κ1) is 14.9. The first-order chi connectivity index (χ1) is 11.7. The normalized spacial score (nSPS) is 11.2. The Hall–Kier alpha value is -2.67. The molecule has 0 radical (unpaired) electrons. The summed E-state index contributed by atoms with van der Waals surface area (Å²) >= 11 is 3.43. The van der Waals surface area contributed by atoms with Gasteiger partial charge in [0.05, 0.1) is 0 Å². The van der Waals surface area contributed by atoms with Crippen LogP contribution in [0.4, 0.5) is 0 Å². The van der Waals surface area contributed by atoms with Gasteiger partial charge in [0, 0.05) is 34.5 Å². The van der Waals surface area contributed by atoms with Crippen LogP contribution in [0.2, 0.25) is 0 Å². The number of H-pyrrole nitrogens is 1. The number of hydrogen-bond donors (Lipinski definition) is 2. The van der Waals surface area contributed by atoms with Gasteiger partial charge in [0.1, 0.15) is 11.5 Å². The van der Waals surface area contributed by atoms with E-state index in [1.165, 1.54) is 0 Å². The van der Waals surface area contributed by atoms with Gasteiger partial charge in [-0.25, -0.2) is 0 Å². The molecule has 4 rings (SSSR count). The molecule has 24 heavy (non-hydrogen) atoms. The van der Waals surface area contributed by atoms with E-state index in [4.69, 9.17) is 0 Å². The summed E-state index contributed by atoms with van der Waals surface area (Å²) in [6.45, 7) is 0.494. The summed E-state index contributed by atoms with van der Waals surface area (Å²) < 4.78 is 2.90. The lowest BCUT2D eigenvalue weighted by atomic mass is 10.2. The van der Waals surface area contributed by atoms with Crippen LogP contribution in [-0.2, 0) is 6.42 Å². The molecule has 0 aliphatic carbocycles. The van der Waals surface area contributed by atoms with E-state index < -0.39 is 0 Å². The van der Waals surface area contributed by atoms with Gasteiger partial charge in [0.15, 0.2) is 5.65 Å². The van der Waals surface area contributed by atoms with Crippen LogP contribution in [0.1, 0.15) is 16.3 Å². The van der Waals surface area contributed by atoms with E-state index in [0.29, 0.717) is 18.7 Å². The number of carbonyl (C=O) groups excluding carboxylic acids is 1. The van der Waals surface area contributed by atoms with Crippen LogP contribution in [0.25, 0.3) is 16.6 Å². The Balaban J connectivity index is 1.44. The Morgan fingerprint density at radius 3 is 3.04 bits per heavy atom. The van der Waals surface area contributed by atoms with Gasteiger partial charge in [-0.1, -0.05) is 28.1 Å². The highest BCUT2D eigenvalue weighted by atomic mass is 79.9. The minimum Gasteiger partial charge on any atom is -0.350 e. The lowest BCUT2D eigenvalue weighted by Gasteiger charge is -2.03. The second-order valence-electron chi connectivity index (χ2n) is 5.47. The van der Waals surface area contributed by atoms with Crippen molar-refractivity contribution in [1.82, 2.24) is 24.9 Å². The van der Waals surface area contributed by atoms with Crippen LogP contribution in [0.3, 0.4) is 0 Å². The van der Waals surface area contributed by atoms with Gasteiger partial charge in [-0.2, -0.15) is 0 Å². The van der Waals surface area contributed by atoms with Gasteiger partial charge in [-0.15, -0.1) is 10.2 Å². The van der Waals surface area contributed by atoms with E-state index in [1.807, 2.05) is 53.1 Å². The van der Waals surface area contributed by atoms with Crippen molar-refractivity contribution in [3.8, 4) is 0 Å². The minimum absolute atomic E-state index is 0.129. The van der Waals surface area contributed by atoms with Gasteiger partial charge in [-0.3, -0.25) is 9.20 Å². The largest absolute Gasteiger partial charge is 0.350 e. The predicted octanol–water partition coefficient (Wildman–Crippen LogP) is 2.95. The third kappa shape index (κ3) is 2.78. The Kier molecular flexibility index (Phi) is 3.78. The highest BCUT2D eigenvalue weighted by molar-refractivity contribution is 9.10. The summed E-state index contributed by atoms with van der Waals surface area (Å²) in [4.78, 5) is 15.4. The zero-order valence-corrected chi connectivity index (χ0v) is 14.2. The second kappa shape index (κ2) is 6.09. The number of nitrogens with one attached hydrogen (secondary N) is 2. The molecule has 0 spiro atoms. The summed E-state index contributed by atoms with van der Waals surface area (Å²) in [5, 5.41) is 12.2.